The molecule has 0 aliphatic heterocycles. The first-order valence-electron chi connectivity index (χ1n) is 13.2. The Morgan fingerprint density at radius 3 is 1.07 bits per heavy atom. The summed E-state index contributed by atoms with van der Waals surface area (Å²) in [5.41, 5.74) is 4.43. The van der Waals surface area contributed by atoms with Crippen molar-refractivity contribution in [3.05, 3.63) is 156 Å². The average molecular weight is 559 g/mol. The van der Waals surface area contributed by atoms with E-state index in [4.69, 9.17) is 10.2 Å². The van der Waals surface area contributed by atoms with E-state index in [1.54, 1.807) is 60.7 Å². The average Bonchev–Trinajstić information content (AvgIpc) is 3.05. The molecule has 0 fully saturated rings. The van der Waals surface area contributed by atoms with Crippen LogP contribution in [-0.4, -0.2) is 32.4 Å². The van der Waals surface area contributed by atoms with Crippen molar-refractivity contribution in [1.82, 2.24) is 0 Å². The molecule has 0 aromatic heterocycles. The van der Waals surface area contributed by atoms with Gasteiger partial charge in [0.15, 0.2) is 0 Å². The van der Waals surface area contributed by atoms with Crippen LogP contribution < -0.4 is 0 Å². The van der Waals surface area contributed by atoms with Crippen molar-refractivity contribution in [1.29, 1.82) is 0 Å². The van der Waals surface area contributed by atoms with Crippen LogP contribution in [0.5, 0.6) is 0 Å². The number of carboxylic acids is 2. The van der Waals surface area contributed by atoms with Gasteiger partial charge in [-0.15, -0.1) is 0 Å². The minimum Gasteiger partial charge on any atom is -0.478 e. The van der Waals surface area contributed by atoms with E-state index in [-0.39, 0.29) is 13.2 Å². The smallest absolute Gasteiger partial charge is 0.335 e. The molecule has 42 heavy (non-hydrogen) atoms. The highest BCUT2D eigenvalue weighted by atomic mass is 16.4. The van der Waals surface area contributed by atoms with Crippen molar-refractivity contribution in [2.24, 2.45) is 0 Å². The second-order valence-electron chi connectivity index (χ2n) is 9.30. The summed E-state index contributed by atoms with van der Waals surface area (Å²) in [6, 6.07) is 41.0. The fraction of sp³-hybridized carbons (Fsp3) is 0.0556. The molecule has 0 radical (unpaired) electrons. The molecule has 0 amide bonds. The Bertz CT molecular complexity index is 1660. The zero-order chi connectivity index (χ0) is 29.9. The summed E-state index contributed by atoms with van der Waals surface area (Å²) in [7, 11) is 0. The lowest BCUT2D eigenvalue weighted by Gasteiger charge is -2.17. The highest BCUT2D eigenvalue weighted by Crippen LogP contribution is 2.39. The molecular formula is C36H30O6. The number of hydrogen-bond donors (Lipinski definition) is 4. The zero-order valence-electron chi connectivity index (χ0n) is 22.7. The fourth-order valence-corrected chi connectivity index (χ4v) is 4.65. The molecule has 4 N–H and O–H groups in total. The molecule has 0 spiro atoms. The maximum Gasteiger partial charge on any atom is 0.335 e. The van der Waals surface area contributed by atoms with Crippen LogP contribution in [0, 0.1) is 0 Å². The van der Waals surface area contributed by atoms with E-state index in [9.17, 15) is 19.8 Å². The number of carbonyl (C=O) groups is 2. The van der Waals surface area contributed by atoms with Gasteiger partial charge >= 0.3 is 11.9 Å². The van der Waals surface area contributed by atoms with Crippen LogP contribution in [0.4, 0.5) is 0 Å². The molecule has 0 aliphatic carbocycles. The standard InChI is InChI=1S/C22H18O2.2C7H6O2/c23-13-17-11-9-15-5-1-3-7-19(15)21(17)22-18(14-24)12-10-16-6-2-4-8-20(16)22;2*8-7(9)6-4-2-1-3-5-6/h1-12,23-24H,13-14H2;2*1-5H,(H,8,9). The van der Waals surface area contributed by atoms with Gasteiger partial charge in [0.25, 0.3) is 0 Å². The predicted octanol–water partition coefficient (Wildman–Crippen LogP) is 7.41. The fourth-order valence-electron chi connectivity index (χ4n) is 4.65. The Hall–Kier alpha value is -5.30. The number of benzene rings is 6. The number of aliphatic hydroxyl groups is 2. The Kier molecular flexibility index (Phi) is 10.2. The van der Waals surface area contributed by atoms with Crippen LogP contribution in [0.25, 0.3) is 32.7 Å². The van der Waals surface area contributed by atoms with Crippen molar-refractivity contribution in [3.63, 3.8) is 0 Å². The van der Waals surface area contributed by atoms with Gasteiger partial charge in [-0.1, -0.05) is 109 Å². The summed E-state index contributed by atoms with van der Waals surface area (Å²) < 4.78 is 0. The van der Waals surface area contributed by atoms with Gasteiger partial charge in [0.2, 0.25) is 0 Å². The third kappa shape index (κ3) is 7.06. The van der Waals surface area contributed by atoms with Gasteiger partial charge in [-0.3, -0.25) is 0 Å². The molecule has 0 atom stereocenters. The van der Waals surface area contributed by atoms with Crippen molar-refractivity contribution < 1.29 is 30.0 Å². The second-order valence-corrected chi connectivity index (χ2v) is 9.30. The van der Waals surface area contributed by atoms with E-state index in [1.165, 1.54) is 0 Å². The van der Waals surface area contributed by atoms with Gasteiger partial charge in [0.05, 0.1) is 24.3 Å². The van der Waals surface area contributed by atoms with Crippen LogP contribution in [0.2, 0.25) is 0 Å². The van der Waals surface area contributed by atoms with Gasteiger partial charge in [-0.05, 0) is 68.1 Å². The topological polar surface area (TPSA) is 115 Å². The molecule has 6 rings (SSSR count). The van der Waals surface area contributed by atoms with E-state index >= 15 is 0 Å². The van der Waals surface area contributed by atoms with Gasteiger partial charge in [-0.2, -0.15) is 0 Å². The maximum atomic E-state index is 10.2. The first-order chi connectivity index (χ1) is 20.4. The van der Waals surface area contributed by atoms with E-state index in [1.807, 2.05) is 48.5 Å². The number of fused-ring (bicyclic) bond motifs is 2. The molecular weight excluding hydrogens is 528 g/mol. The molecule has 0 bridgehead atoms. The van der Waals surface area contributed by atoms with Gasteiger partial charge in [0, 0.05) is 0 Å². The summed E-state index contributed by atoms with van der Waals surface area (Å²) in [6.07, 6.45) is 0. The summed E-state index contributed by atoms with van der Waals surface area (Å²) in [4.78, 5) is 20.4. The summed E-state index contributed by atoms with van der Waals surface area (Å²) in [5, 5.41) is 41.0. The van der Waals surface area contributed by atoms with Gasteiger partial charge < -0.3 is 20.4 Å². The van der Waals surface area contributed by atoms with E-state index in [0.717, 1.165) is 43.8 Å². The van der Waals surface area contributed by atoms with Crippen LogP contribution in [0.1, 0.15) is 31.8 Å². The highest BCUT2D eigenvalue weighted by molar-refractivity contribution is 6.07. The first-order valence-corrected chi connectivity index (χ1v) is 13.2. The third-order valence-corrected chi connectivity index (χ3v) is 6.66. The molecule has 6 nitrogen and oxygen atoms in total. The summed E-state index contributed by atoms with van der Waals surface area (Å²) >= 11 is 0. The lowest BCUT2D eigenvalue weighted by atomic mass is 9.87. The molecule has 0 unspecified atom stereocenters. The second kappa shape index (κ2) is 14.4. The largest absolute Gasteiger partial charge is 0.478 e. The van der Waals surface area contributed by atoms with Crippen molar-refractivity contribution in [3.8, 4) is 11.1 Å². The van der Waals surface area contributed by atoms with Crippen molar-refractivity contribution in [2.75, 3.05) is 0 Å². The minimum absolute atomic E-state index is 0.0335. The molecule has 6 heteroatoms. The molecule has 0 saturated heterocycles. The highest BCUT2D eigenvalue weighted by Gasteiger charge is 2.16. The number of rotatable bonds is 5. The SMILES string of the molecule is O=C(O)c1ccccc1.O=C(O)c1ccccc1.OCc1ccc2ccccc2c1-c1c(CO)ccc2ccccc12. The van der Waals surface area contributed by atoms with Gasteiger partial charge in [0.1, 0.15) is 0 Å². The monoisotopic (exact) mass is 558 g/mol. The number of aromatic carboxylic acids is 2. The molecule has 6 aromatic rings. The maximum absolute atomic E-state index is 10.2. The molecule has 210 valence electrons. The van der Waals surface area contributed by atoms with Crippen LogP contribution in [0.15, 0.2) is 133 Å². The van der Waals surface area contributed by atoms with E-state index < -0.39 is 11.9 Å². The van der Waals surface area contributed by atoms with E-state index in [0.29, 0.717) is 11.1 Å². The Labute approximate surface area is 243 Å². The molecule has 0 heterocycles. The van der Waals surface area contributed by atoms with Crippen LogP contribution >= 0.6 is 0 Å². The summed E-state index contributed by atoms with van der Waals surface area (Å²) in [5.74, 6) is -1.76. The van der Waals surface area contributed by atoms with Crippen molar-refractivity contribution in [2.45, 2.75) is 13.2 Å². The summed E-state index contributed by atoms with van der Waals surface area (Å²) in [6.45, 7) is -0.0669. The predicted molar refractivity (Wildman–Crippen MR) is 166 cm³/mol. The molecule has 0 aliphatic rings. The molecule has 6 aromatic carbocycles. The normalized spacial score (nSPS) is 10.2. The quantitative estimate of drug-likeness (QED) is 0.175. The van der Waals surface area contributed by atoms with Crippen LogP contribution in [-0.2, 0) is 13.2 Å². The Balaban J connectivity index is 0.000000184. The number of carboxylic acid groups (broad SMARTS) is 2. The Morgan fingerprint density at radius 2 is 0.762 bits per heavy atom. The van der Waals surface area contributed by atoms with Crippen molar-refractivity contribution >= 4 is 33.5 Å². The molecule has 0 saturated carbocycles. The lowest BCUT2D eigenvalue weighted by molar-refractivity contribution is 0.0686. The lowest BCUT2D eigenvalue weighted by Crippen LogP contribution is -1.97. The Morgan fingerprint density at radius 1 is 0.429 bits per heavy atom. The number of aliphatic hydroxyl groups excluding tert-OH is 2. The third-order valence-electron chi connectivity index (χ3n) is 6.66. The zero-order valence-corrected chi connectivity index (χ0v) is 22.7. The van der Waals surface area contributed by atoms with E-state index in [2.05, 4.69) is 24.3 Å². The number of hydrogen-bond acceptors (Lipinski definition) is 4. The first kappa shape index (κ1) is 29.7. The minimum atomic E-state index is -0.879. The van der Waals surface area contributed by atoms with Gasteiger partial charge in [-0.25, -0.2) is 9.59 Å². The van der Waals surface area contributed by atoms with Crippen LogP contribution in [0.3, 0.4) is 0 Å².